The van der Waals surface area contributed by atoms with E-state index >= 15 is 0 Å². The van der Waals surface area contributed by atoms with Crippen molar-refractivity contribution in [1.29, 1.82) is 0 Å². The van der Waals surface area contributed by atoms with E-state index in [-0.39, 0.29) is 34.1 Å². The quantitative estimate of drug-likeness (QED) is 0.0598. The van der Waals surface area contributed by atoms with Crippen molar-refractivity contribution in [2.45, 2.75) is 65.3 Å². The van der Waals surface area contributed by atoms with Gasteiger partial charge in [-0.3, -0.25) is 14.4 Å². The molecule has 0 saturated carbocycles. The van der Waals surface area contributed by atoms with Crippen molar-refractivity contribution in [1.82, 2.24) is 25.2 Å². The molecule has 0 radical (unpaired) electrons. The van der Waals surface area contributed by atoms with Gasteiger partial charge in [-0.1, -0.05) is 53.7 Å². The number of aromatic amines is 1. The van der Waals surface area contributed by atoms with Crippen LogP contribution in [0.1, 0.15) is 75.1 Å². The molecule has 3 heterocycles. The molecule has 3 aromatic carbocycles. The summed E-state index contributed by atoms with van der Waals surface area (Å²) in [5.41, 5.74) is 16.3. The molecule has 1 aliphatic rings. The molecule has 1 aliphatic heterocycles. The number of guanidine groups is 1. The molecule has 0 atom stereocenters. The van der Waals surface area contributed by atoms with E-state index in [2.05, 4.69) is 89.5 Å². The van der Waals surface area contributed by atoms with E-state index in [0.29, 0.717) is 17.8 Å². The van der Waals surface area contributed by atoms with E-state index in [0.717, 1.165) is 97.5 Å². The van der Waals surface area contributed by atoms with Gasteiger partial charge in [-0.15, -0.1) is 0 Å². The number of aliphatic imine (C=N–C) groups is 1. The van der Waals surface area contributed by atoms with Crippen LogP contribution in [0, 0.1) is 11.6 Å². The number of halogens is 2. The largest absolute Gasteiger partial charge is 0.370 e. The van der Waals surface area contributed by atoms with Gasteiger partial charge >= 0.3 is 5.69 Å². The topological polar surface area (TPSA) is 171 Å². The molecule has 298 valence electrons. The molecule has 0 unspecified atom stereocenters. The van der Waals surface area contributed by atoms with Crippen LogP contribution < -0.4 is 38.0 Å². The smallest absolute Gasteiger partial charge is 0.354 e. The van der Waals surface area contributed by atoms with Crippen LogP contribution in [-0.2, 0) is 17.4 Å². The Morgan fingerprint density at radius 3 is 2.20 bits per heavy atom. The van der Waals surface area contributed by atoms with Crippen LogP contribution in [0.25, 0.3) is 16.7 Å². The number of nitrogens with zero attached hydrogens (tertiary/aromatic N) is 4. The van der Waals surface area contributed by atoms with E-state index in [1.54, 1.807) is 4.57 Å². The summed E-state index contributed by atoms with van der Waals surface area (Å²) >= 11 is 0. The van der Waals surface area contributed by atoms with Crippen LogP contribution in [0.5, 0.6) is 0 Å². The fraction of sp³-hybridized carbons (Fsp3) is 0.381. The summed E-state index contributed by atoms with van der Waals surface area (Å²) in [6.45, 7) is 18.3. The number of amides is 1. The van der Waals surface area contributed by atoms with Gasteiger partial charge in [0, 0.05) is 85.0 Å². The third-order valence-corrected chi connectivity index (χ3v) is 9.31. The fourth-order valence-electron chi connectivity index (χ4n) is 6.11. The number of fused-ring (bicyclic) bond motifs is 1. The van der Waals surface area contributed by atoms with Crippen LogP contribution in [-0.4, -0.2) is 65.7 Å². The number of hydrogen-bond acceptors (Lipinski definition) is 7. The maximum atomic E-state index is 13.4. The zero-order valence-corrected chi connectivity index (χ0v) is 33.1. The Kier molecular flexibility index (Phi) is 13.3. The molecule has 1 fully saturated rings. The number of anilines is 2. The predicted octanol–water partition coefficient (Wildman–Crippen LogP) is 5.69. The lowest BCUT2D eigenvalue weighted by Crippen LogP contribution is -2.43. The minimum Gasteiger partial charge on any atom is -0.370 e. The Bertz CT molecular complexity index is 2190. The maximum absolute atomic E-state index is 13.4. The highest BCUT2D eigenvalue weighted by molar-refractivity contribution is 6.05. The molecule has 12 nitrogen and oxygen atoms in total. The van der Waals surface area contributed by atoms with E-state index in [1.165, 1.54) is 0 Å². The van der Waals surface area contributed by atoms with Gasteiger partial charge in [-0.2, -0.15) is 4.98 Å². The lowest BCUT2D eigenvalue weighted by Gasteiger charge is -2.31. The average molecular weight is 769 g/mol. The number of carbonyl (C=O) groups is 1. The van der Waals surface area contributed by atoms with Crippen molar-refractivity contribution in [3.05, 3.63) is 117 Å². The first-order chi connectivity index (χ1) is 26.5. The first-order valence-electron chi connectivity index (χ1n) is 18.8. The average Bonchev–Trinajstić information content (AvgIpc) is 3.56. The third kappa shape index (κ3) is 11.5. The minimum atomic E-state index is -0.727. The van der Waals surface area contributed by atoms with E-state index < -0.39 is 11.6 Å². The van der Waals surface area contributed by atoms with Crippen molar-refractivity contribution in [2.75, 3.05) is 49.5 Å². The number of H-pyrrole nitrogens is 1. The highest BCUT2D eigenvalue weighted by atomic mass is 19.1. The number of rotatable bonds is 10. The number of nitrogens with one attached hydrogen (secondary N) is 4. The zero-order valence-electron chi connectivity index (χ0n) is 33.1. The Balaban J connectivity index is 0.000000215. The number of benzene rings is 3. The lowest BCUT2D eigenvalue weighted by molar-refractivity contribution is 0.102. The van der Waals surface area contributed by atoms with Crippen LogP contribution in [0.15, 0.2) is 82.7 Å². The molecular formula is C42H54F2N10O2. The van der Waals surface area contributed by atoms with E-state index in [4.69, 9.17) is 11.5 Å². The molecule has 1 saturated heterocycles. The van der Waals surface area contributed by atoms with Gasteiger partial charge < -0.3 is 37.3 Å². The van der Waals surface area contributed by atoms with Gasteiger partial charge in [0.05, 0.1) is 5.69 Å². The number of carbonyl (C=O) groups excluding carboxylic acids is 1. The van der Waals surface area contributed by atoms with Crippen LogP contribution in [0.4, 0.5) is 20.2 Å². The SMILES string of the molecule is CC(C)(C)c1cc(C(=O)Nc2cc(F)cc(F)c2)cc(N2CCNCC2)c1.CC(C)(C)c1cc2cn(-c3ccc(CNCCCN=C(N)N)cc3)c(=O)nc2[nH]1. The molecule has 6 rings (SSSR count). The molecule has 56 heavy (non-hydrogen) atoms. The van der Waals surface area contributed by atoms with Gasteiger partial charge in [0.2, 0.25) is 0 Å². The second-order valence-corrected chi connectivity index (χ2v) is 16.0. The summed E-state index contributed by atoms with van der Waals surface area (Å²) in [5, 5.41) is 10.2. The van der Waals surface area contributed by atoms with E-state index in [1.807, 2.05) is 42.6 Å². The molecular weight excluding hydrogens is 715 g/mol. The van der Waals surface area contributed by atoms with Crippen LogP contribution >= 0.6 is 0 Å². The predicted molar refractivity (Wildman–Crippen MR) is 222 cm³/mol. The highest BCUT2D eigenvalue weighted by Crippen LogP contribution is 2.29. The number of aromatic nitrogens is 3. The van der Waals surface area contributed by atoms with Gasteiger partial charge in [-0.05, 0) is 78.0 Å². The molecule has 2 aromatic heterocycles. The Morgan fingerprint density at radius 2 is 1.57 bits per heavy atom. The number of hydrogen-bond donors (Lipinski definition) is 6. The Morgan fingerprint density at radius 1 is 0.893 bits per heavy atom. The van der Waals surface area contributed by atoms with Crippen molar-refractivity contribution in [3.8, 4) is 5.69 Å². The summed E-state index contributed by atoms with van der Waals surface area (Å²) < 4.78 is 28.4. The van der Waals surface area contributed by atoms with Gasteiger partial charge in [-0.25, -0.2) is 13.6 Å². The molecule has 1 amide bonds. The van der Waals surface area contributed by atoms with Gasteiger partial charge in [0.15, 0.2) is 5.96 Å². The van der Waals surface area contributed by atoms with Crippen LogP contribution in [0.3, 0.4) is 0 Å². The van der Waals surface area contributed by atoms with Crippen molar-refractivity contribution in [3.63, 3.8) is 0 Å². The van der Waals surface area contributed by atoms with Gasteiger partial charge in [0.1, 0.15) is 17.3 Å². The molecule has 0 bridgehead atoms. The summed E-state index contributed by atoms with van der Waals surface area (Å²) in [6, 6.07) is 18.7. The molecule has 5 aromatic rings. The minimum absolute atomic E-state index is 0.0352. The molecule has 8 N–H and O–H groups in total. The van der Waals surface area contributed by atoms with Crippen molar-refractivity contribution in [2.24, 2.45) is 16.5 Å². The normalized spacial score (nSPS) is 13.2. The second-order valence-electron chi connectivity index (χ2n) is 16.0. The summed E-state index contributed by atoms with van der Waals surface area (Å²) in [4.78, 5) is 38.9. The summed E-state index contributed by atoms with van der Waals surface area (Å²) in [6.07, 6.45) is 2.71. The summed E-state index contributed by atoms with van der Waals surface area (Å²) in [7, 11) is 0. The highest BCUT2D eigenvalue weighted by Gasteiger charge is 2.21. The second kappa shape index (κ2) is 17.9. The lowest BCUT2D eigenvalue weighted by atomic mass is 9.85. The zero-order chi connectivity index (χ0) is 40.6. The monoisotopic (exact) mass is 768 g/mol. The van der Waals surface area contributed by atoms with Crippen molar-refractivity contribution >= 4 is 34.3 Å². The Hall–Kier alpha value is -5.60. The molecule has 14 heteroatoms. The standard InChI is InChI=1S/C21H25F2N3O.C21H29N7O/c1-21(2,3)15-8-14(9-19(10-15)26-6-4-24-5-7-26)20(27)25-18-12-16(22)11-17(23)13-18;1-21(2,3)17-11-15-13-28(20(29)27-18(15)26-17)16-7-5-14(6-8-16)12-24-9-4-10-25-19(22)23/h8-13,24H,4-7H2,1-3H3,(H,25,27);5-8,11,13,24H,4,9-10,12H2,1-3H3,(H4,22,23,25)(H,26,27,29). The number of piperazine rings is 1. The van der Waals surface area contributed by atoms with Crippen molar-refractivity contribution < 1.29 is 13.6 Å². The van der Waals surface area contributed by atoms with E-state index in [9.17, 15) is 18.4 Å². The van der Waals surface area contributed by atoms with Crippen LogP contribution in [0.2, 0.25) is 0 Å². The first-order valence-corrected chi connectivity index (χ1v) is 18.8. The first kappa shape index (κ1) is 41.6. The Labute approximate surface area is 326 Å². The third-order valence-electron chi connectivity index (χ3n) is 9.31. The summed E-state index contributed by atoms with van der Waals surface area (Å²) in [5.74, 6) is -1.72. The maximum Gasteiger partial charge on any atom is 0.354 e. The van der Waals surface area contributed by atoms with Gasteiger partial charge in [0.25, 0.3) is 5.91 Å². The fourth-order valence-corrected chi connectivity index (χ4v) is 6.11. The molecule has 0 aliphatic carbocycles. The number of nitrogens with two attached hydrogens (primary N) is 2. The molecule has 0 spiro atoms.